The average molecular weight is 462 g/mol. The van der Waals surface area contributed by atoms with Gasteiger partial charge in [0.2, 0.25) is 5.91 Å². The van der Waals surface area contributed by atoms with Crippen molar-refractivity contribution in [2.24, 2.45) is 0 Å². The molecule has 1 amide bonds. The van der Waals surface area contributed by atoms with Crippen LogP contribution in [0, 0.1) is 0 Å². The molecule has 1 aliphatic carbocycles. The van der Waals surface area contributed by atoms with Crippen LogP contribution in [0.25, 0.3) is 21.8 Å². The molecule has 4 aromatic rings. The topological polar surface area (TPSA) is 64.1 Å². The van der Waals surface area contributed by atoms with Crippen LogP contribution in [0.2, 0.25) is 5.02 Å². The minimum absolute atomic E-state index is 0.139. The van der Waals surface area contributed by atoms with Crippen molar-refractivity contribution in [1.29, 1.82) is 0 Å². The number of fused-ring (bicyclic) bond motifs is 3. The summed E-state index contributed by atoms with van der Waals surface area (Å²) in [4.78, 5) is 23.6. The second-order valence-corrected chi connectivity index (χ2v) is 8.95. The molecule has 1 aliphatic rings. The van der Waals surface area contributed by atoms with Gasteiger partial charge in [-0.25, -0.2) is 9.97 Å². The maximum absolute atomic E-state index is 12.8. The molecule has 0 bridgehead atoms. The summed E-state index contributed by atoms with van der Waals surface area (Å²) < 4.78 is 5.38. The Morgan fingerprint density at radius 1 is 1.09 bits per heavy atom. The summed E-state index contributed by atoms with van der Waals surface area (Å²) in [5.41, 5.74) is 5.60. The zero-order valence-corrected chi connectivity index (χ0v) is 19.0. The van der Waals surface area contributed by atoms with Crippen molar-refractivity contribution >= 4 is 34.7 Å². The van der Waals surface area contributed by atoms with Gasteiger partial charge in [-0.3, -0.25) is 4.79 Å². The summed E-state index contributed by atoms with van der Waals surface area (Å²) in [7, 11) is 1.67. The normalized spacial score (nSPS) is 12.1. The van der Waals surface area contributed by atoms with Gasteiger partial charge in [0.25, 0.3) is 0 Å². The molecule has 1 N–H and O–H groups in total. The first-order valence-electron chi connectivity index (χ1n) is 10.3. The average Bonchev–Trinajstić information content (AvgIpc) is 3.34. The van der Waals surface area contributed by atoms with E-state index in [0.29, 0.717) is 16.5 Å². The smallest absolute Gasteiger partial charge is 0.230 e. The number of thiophene rings is 1. The van der Waals surface area contributed by atoms with E-state index in [1.165, 1.54) is 5.56 Å². The van der Waals surface area contributed by atoms with E-state index in [9.17, 15) is 4.79 Å². The highest BCUT2D eigenvalue weighted by Crippen LogP contribution is 2.38. The molecule has 7 heteroatoms. The highest BCUT2D eigenvalue weighted by molar-refractivity contribution is 7.13. The number of nitrogens with one attached hydrogen (secondary N) is 1. The van der Waals surface area contributed by atoms with E-state index in [0.717, 1.165) is 46.0 Å². The number of anilines is 1. The molecule has 0 radical (unpaired) electrons. The summed E-state index contributed by atoms with van der Waals surface area (Å²) in [6, 6.07) is 17.3. The van der Waals surface area contributed by atoms with E-state index in [4.69, 9.17) is 26.3 Å². The van der Waals surface area contributed by atoms with Gasteiger partial charge in [-0.05, 0) is 65.7 Å². The van der Waals surface area contributed by atoms with Crippen molar-refractivity contribution < 1.29 is 9.53 Å². The number of hydrogen-bond donors (Lipinski definition) is 1. The van der Waals surface area contributed by atoms with E-state index in [2.05, 4.69) is 11.4 Å². The van der Waals surface area contributed by atoms with Crippen LogP contribution in [0.4, 0.5) is 5.82 Å². The Kier molecular flexibility index (Phi) is 5.64. The third-order valence-corrected chi connectivity index (χ3v) is 6.59. The number of amides is 1. The zero-order valence-electron chi connectivity index (χ0n) is 17.4. The molecular weight excluding hydrogens is 442 g/mol. The predicted molar refractivity (Wildman–Crippen MR) is 129 cm³/mol. The molecule has 32 heavy (non-hydrogen) atoms. The SMILES string of the molecule is COc1ccc2c(c1)CCc1nc(NC(=O)Cc3ccc(Cl)cc3)c(-c3cccs3)nc1-2. The van der Waals surface area contributed by atoms with Crippen molar-refractivity contribution in [2.75, 3.05) is 12.4 Å². The Labute approximate surface area is 195 Å². The summed E-state index contributed by atoms with van der Waals surface area (Å²) >= 11 is 7.52. The number of methoxy groups -OCH3 is 1. The molecule has 5 nitrogen and oxygen atoms in total. The maximum Gasteiger partial charge on any atom is 0.230 e. The quantitative estimate of drug-likeness (QED) is 0.407. The second kappa shape index (κ2) is 8.73. The van der Waals surface area contributed by atoms with Crippen molar-refractivity contribution in [1.82, 2.24) is 9.97 Å². The molecule has 2 aromatic carbocycles. The van der Waals surface area contributed by atoms with E-state index >= 15 is 0 Å². The van der Waals surface area contributed by atoms with Gasteiger partial charge in [0.15, 0.2) is 5.82 Å². The molecule has 0 saturated carbocycles. The van der Waals surface area contributed by atoms with E-state index < -0.39 is 0 Å². The van der Waals surface area contributed by atoms with E-state index in [-0.39, 0.29) is 12.3 Å². The molecule has 0 unspecified atom stereocenters. The molecule has 0 fully saturated rings. The van der Waals surface area contributed by atoms with Gasteiger partial charge in [-0.15, -0.1) is 11.3 Å². The number of benzene rings is 2. The van der Waals surface area contributed by atoms with Crippen LogP contribution in [0.1, 0.15) is 16.8 Å². The Bertz CT molecular complexity index is 1290. The third-order valence-electron chi connectivity index (χ3n) is 5.46. The fourth-order valence-electron chi connectivity index (χ4n) is 3.88. The maximum atomic E-state index is 12.8. The van der Waals surface area contributed by atoms with Crippen LogP contribution in [-0.4, -0.2) is 23.0 Å². The molecule has 0 saturated heterocycles. The van der Waals surface area contributed by atoms with Gasteiger partial charge < -0.3 is 10.1 Å². The Morgan fingerprint density at radius 2 is 1.94 bits per heavy atom. The van der Waals surface area contributed by atoms with Gasteiger partial charge in [0, 0.05) is 10.6 Å². The largest absolute Gasteiger partial charge is 0.497 e. The molecule has 2 aromatic heterocycles. The number of aryl methyl sites for hydroxylation is 2. The molecular formula is C25H20ClN3O2S. The lowest BCUT2D eigenvalue weighted by atomic mass is 9.91. The highest BCUT2D eigenvalue weighted by atomic mass is 35.5. The molecule has 0 spiro atoms. The van der Waals surface area contributed by atoms with Crippen molar-refractivity contribution in [3.8, 4) is 27.6 Å². The number of rotatable bonds is 5. The number of carbonyl (C=O) groups is 1. The molecule has 160 valence electrons. The second-order valence-electron chi connectivity index (χ2n) is 7.57. The number of hydrogen-bond acceptors (Lipinski definition) is 5. The van der Waals surface area contributed by atoms with Crippen molar-refractivity contribution in [3.05, 3.63) is 81.8 Å². The predicted octanol–water partition coefficient (Wildman–Crippen LogP) is 5.81. The Hall–Kier alpha value is -3.22. The van der Waals surface area contributed by atoms with Crippen LogP contribution in [-0.2, 0) is 24.1 Å². The number of aromatic nitrogens is 2. The Balaban J connectivity index is 1.51. The van der Waals surface area contributed by atoms with Crippen LogP contribution >= 0.6 is 22.9 Å². The minimum atomic E-state index is -0.139. The third kappa shape index (κ3) is 4.11. The lowest BCUT2D eigenvalue weighted by Crippen LogP contribution is -2.18. The Morgan fingerprint density at radius 3 is 2.69 bits per heavy atom. The van der Waals surface area contributed by atoms with Crippen molar-refractivity contribution in [3.63, 3.8) is 0 Å². The first-order valence-corrected chi connectivity index (χ1v) is 11.5. The number of nitrogens with zero attached hydrogens (tertiary/aromatic N) is 2. The summed E-state index contributed by atoms with van der Waals surface area (Å²) in [5, 5.41) is 5.64. The first kappa shape index (κ1) is 20.7. The number of halogens is 1. The zero-order chi connectivity index (χ0) is 22.1. The lowest BCUT2D eigenvalue weighted by molar-refractivity contribution is -0.115. The van der Waals surface area contributed by atoms with E-state index in [1.54, 1.807) is 30.6 Å². The number of ether oxygens (including phenoxy) is 1. The van der Waals surface area contributed by atoms with Gasteiger partial charge in [0.05, 0.1) is 29.8 Å². The molecule has 0 atom stereocenters. The van der Waals surface area contributed by atoms with Crippen LogP contribution in [0.5, 0.6) is 5.75 Å². The van der Waals surface area contributed by atoms with Crippen LogP contribution < -0.4 is 10.1 Å². The minimum Gasteiger partial charge on any atom is -0.497 e. The fourth-order valence-corrected chi connectivity index (χ4v) is 4.73. The molecule has 2 heterocycles. The van der Waals surface area contributed by atoms with Crippen molar-refractivity contribution in [2.45, 2.75) is 19.3 Å². The van der Waals surface area contributed by atoms with Gasteiger partial charge >= 0.3 is 0 Å². The molecule has 0 aliphatic heterocycles. The first-order chi connectivity index (χ1) is 15.6. The van der Waals surface area contributed by atoms with Gasteiger partial charge in [-0.1, -0.05) is 29.8 Å². The van der Waals surface area contributed by atoms with Crippen LogP contribution in [0.15, 0.2) is 60.0 Å². The summed E-state index contributed by atoms with van der Waals surface area (Å²) in [6.07, 6.45) is 1.85. The highest BCUT2D eigenvalue weighted by Gasteiger charge is 2.24. The standard InChI is InChI=1S/C25H20ClN3O2S/c1-31-18-9-10-19-16(14-18)6-11-20-23(19)29-24(21-3-2-12-32-21)25(27-20)28-22(30)13-15-4-7-17(26)8-5-15/h2-5,7-10,12,14H,6,11,13H2,1H3,(H,27,28,30). The fraction of sp³-hybridized carbons (Fsp3) is 0.160. The summed E-state index contributed by atoms with van der Waals surface area (Å²) in [6.45, 7) is 0. The van der Waals surface area contributed by atoms with Gasteiger partial charge in [-0.2, -0.15) is 0 Å². The lowest BCUT2D eigenvalue weighted by Gasteiger charge is -2.21. The summed E-state index contributed by atoms with van der Waals surface area (Å²) in [5.74, 6) is 1.20. The number of carbonyl (C=O) groups excluding carboxylic acids is 1. The molecule has 5 rings (SSSR count). The van der Waals surface area contributed by atoms with Gasteiger partial charge in [0.1, 0.15) is 11.4 Å². The van der Waals surface area contributed by atoms with E-state index in [1.807, 2.05) is 41.8 Å². The monoisotopic (exact) mass is 461 g/mol. The van der Waals surface area contributed by atoms with Crippen LogP contribution in [0.3, 0.4) is 0 Å².